The van der Waals surface area contributed by atoms with Gasteiger partial charge in [-0.3, -0.25) is 14.5 Å². The van der Waals surface area contributed by atoms with Crippen LogP contribution in [0.2, 0.25) is 0 Å². The fourth-order valence-electron chi connectivity index (χ4n) is 4.32. The maximum Gasteiger partial charge on any atom is 0.255 e. The molecule has 29 heavy (non-hydrogen) atoms. The first-order valence-corrected chi connectivity index (χ1v) is 10.6. The number of aryl methyl sites for hydroxylation is 1. The van der Waals surface area contributed by atoms with Gasteiger partial charge < -0.3 is 14.4 Å². The fourth-order valence-corrected chi connectivity index (χ4v) is 4.32. The molecule has 1 aromatic carbocycles. The van der Waals surface area contributed by atoms with Crippen LogP contribution in [0.5, 0.6) is 0 Å². The van der Waals surface area contributed by atoms with Crippen LogP contribution in [0, 0.1) is 0 Å². The number of Topliss-reactive ketones (excluding diaryl/α,β-unsaturated/α-hetero) is 1. The molecular formula is C23H30N4O2. The number of hydrogen-bond acceptors (Lipinski definition) is 4. The normalized spacial score (nSPS) is 18.1. The minimum absolute atomic E-state index is 0.0408. The Kier molecular flexibility index (Phi) is 6.00. The maximum atomic E-state index is 12.5. The van der Waals surface area contributed by atoms with Gasteiger partial charge >= 0.3 is 0 Å². The predicted octanol–water partition coefficient (Wildman–Crippen LogP) is 2.75. The topological polar surface area (TPSA) is 48.8 Å². The molecule has 2 aliphatic rings. The number of carbonyl (C=O) groups excluding carboxylic acids is 2. The molecule has 0 N–H and O–H groups in total. The molecule has 1 aromatic heterocycles. The van der Waals surface area contributed by atoms with Crippen molar-refractivity contribution in [2.24, 2.45) is 0 Å². The number of benzene rings is 1. The zero-order valence-electron chi connectivity index (χ0n) is 17.2. The van der Waals surface area contributed by atoms with Gasteiger partial charge in [0, 0.05) is 64.6 Å². The first-order chi connectivity index (χ1) is 14.1. The predicted molar refractivity (Wildman–Crippen MR) is 115 cm³/mol. The quantitative estimate of drug-likeness (QED) is 0.707. The van der Waals surface area contributed by atoms with Crippen LogP contribution in [0.1, 0.15) is 40.1 Å². The summed E-state index contributed by atoms with van der Waals surface area (Å²) >= 11 is 0. The fraction of sp³-hybridized carbons (Fsp3) is 0.478. The molecule has 0 saturated carbocycles. The van der Waals surface area contributed by atoms with E-state index in [1.165, 1.54) is 5.69 Å². The Hall–Kier alpha value is -2.60. The molecule has 1 amide bonds. The molecule has 0 aliphatic carbocycles. The van der Waals surface area contributed by atoms with Gasteiger partial charge in [0.25, 0.3) is 5.91 Å². The van der Waals surface area contributed by atoms with E-state index in [1.807, 2.05) is 10.8 Å². The molecule has 2 aromatic rings. The Morgan fingerprint density at radius 3 is 2.34 bits per heavy atom. The Morgan fingerprint density at radius 1 is 0.862 bits per heavy atom. The van der Waals surface area contributed by atoms with E-state index in [0.29, 0.717) is 24.2 Å². The van der Waals surface area contributed by atoms with Crippen molar-refractivity contribution in [2.75, 3.05) is 51.2 Å². The van der Waals surface area contributed by atoms with Gasteiger partial charge in [-0.15, -0.1) is 0 Å². The standard InChI is InChI=1S/C23H30N4O2/c1-24-13-10-21(28)22-20(23(24)29)9-14-27(22)12-6-5-11-25-15-17-26(18-16-25)19-7-3-2-4-8-19/h2-4,7-9,14H,5-6,10-13,15-18H2,1H3. The van der Waals surface area contributed by atoms with E-state index in [4.69, 9.17) is 0 Å². The number of anilines is 1. The molecule has 3 heterocycles. The van der Waals surface area contributed by atoms with Crippen molar-refractivity contribution in [1.82, 2.24) is 14.4 Å². The average molecular weight is 395 g/mol. The highest BCUT2D eigenvalue weighted by Gasteiger charge is 2.27. The van der Waals surface area contributed by atoms with Crippen molar-refractivity contribution in [2.45, 2.75) is 25.8 Å². The molecule has 0 spiro atoms. The minimum Gasteiger partial charge on any atom is -0.369 e. The highest BCUT2D eigenvalue weighted by Crippen LogP contribution is 2.20. The van der Waals surface area contributed by atoms with Crippen LogP contribution in [0.15, 0.2) is 42.6 Å². The average Bonchev–Trinajstić information content (AvgIpc) is 3.15. The van der Waals surface area contributed by atoms with E-state index in [0.717, 1.165) is 52.1 Å². The second-order valence-electron chi connectivity index (χ2n) is 8.04. The molecule has 154 valence electrons. The molecule has 1 fully saturated rings. The molecule has 6 heteroatoms. The van der Waals surface area contributed by atoms with Gasteiger partial charge in [0.1, 0.15) is 0 Å². The van der Waals surface area contributed by atoms with E-state index >= 15 is 0 Å². The van der Waals surface area contributed by atoms with Crippen molar-refractivity contribution in [3.8, 4) is 0 Å². The van der Waals surface area contributed by atoms with Crippen LogP contribution in [0.3, 0.4) is 0 Å². The first kappa shape index (κ1) is 19.7. The number of carbonyl (C=O) groups is 2. The van der Waals surface area contributed by atoms with E-state index in [2.05, 4.69) is 40.1 Å². The third kappa shape index (κ3) is 4.37. The van der Waals surface area contributed by atoms with Crippen molar-refractivity contribution in [3.05, 3.63) is 53.9 Å². The summed E-state index contributed by atoms with van der Waals surface area (Å²) < 4.78 is 1.99. The van der Waals surface area contributed by atoms with Crippen LogP contribution < -0.4 is 4.90 Å². The van der Waals surface area contributed by atoms with Crippen LogP contribution >= 0.6 is 0 Å². The summed E-state index contributed by atoms with van der Waals surface area (Å²) in [6, 6.07) is 12.4. The van der Waals surface area contributed by atoms with Crippen molar-refractivity contribution in [1.29, 1.82) is 0 Å². The molecule has 0 atom stereocenters. The van der Waals surface area contributed by atoms with Crippen molar-refractivity contribution >= 4 is 17.4 Å². The summed E-state index contributed by atoms with van der Waals surface area (Å²) in [6.45, 7) is 6.70. The number of aromatic nitrogens is 1. The largest absolute Gasteiger partial charge is 0.369 e. The van der Waals surface area contributed by atoms with Gasteiger partial charge in [-0.05, 0) is 37.6 Å². The van der Waals surface area contributed by atoms with Gasteiger partial charge in [-0.2, -0.15) is 0 Å². The Labute approximate surface area is 172 Å². The molecule has 6 nitrogen and oxygen atoms in total. The van der Waals surface area contributed by atoms with Crippen LogP contribution in [-0.2, 0) is 6.54 Å². The highest BCUT2D eigenvalue weighted by atomic mass is 16.2. The molecule has 0 unspecified atom stereocenters. The summed E-state index contributed by atoms with van der Waals surface area (Å²) in [4.78, 5) is 31.5. The van der Waals surface area contributed by atoms with Crippen LogP contribution in [-0.4, -0.2) is 72.4 Å². The molecule has 2 aliphatic heterocycles. The number of ketones is 1. The monoisotopic (exact) mass is 394 g/mol. The third-order valence-electron chi connectivity index (χ3n) is 6.10. The van der Waals surface area contributed by atoms with Gasteiger partial charge in [-0.25, -0.2) is 0 Å². The smallest absolute Gasteiger partial charge is 0.255 e. The van der Waals surface area contributed by atoms with E-state index in [-0.39, 0.29) is 11.7 Å². The summed E-state index contributed by atoms with van der Waals surface area (Å²) in [5.41, 5.74) is 2.48. The van der Waals surface area contributed by atoms with E-state index in [1.54, 1.807) is 18.0 Å². The summed E-state index contributed by atoms with van der Waals surface area (Å²) in [7, 11) is 1.76. The van der Waals surface area contributed by atoms with Crippen LogP contribution in [0.4, 0.5) is 5.69 Å². The Bertz CT molecular complexity index is 853. The molecular weight excluding hydrogens is 364 g/mol. The maximum absolute atomic E-state index is 12.5. The molecule has 0 radical (unpaired) electrons. The number of para-hydroxylation sites is 1. The lowest BCUT2D eigenvalue weighted by Crippen LogP contribution is -2.46. The molecule has 1 saturated heterocycles. The van der Waals surface area contributed by atoms with E-state index in [9.17, 15) is 9.59 Å². The second-order valence-corrected chi connectivity index (χ2v) is 8.04. The summed E-state index contributed by atoms with van der Waals surface area (Å²) in [5.74, 6) is 0.0422. The lowest BCUT2D eigenvalue weighted by molar-refractivity contribution is 0.0798. The zero-order chi connectivity index (χ0) is 20.2. The number of unbranched alkanes of at least 4 members (excludes halogenated alkanes) is 1. The number of amides is 1. The van der Waals surface area contributed by atoms with Crippen molar-refractivity contribution < 1.29 is 9.59 Å². The Morgan fingerprint density at radius 2 is 1.59 bits per heavy atom. The minimum atomic E-state index is -0.0408. The van der Waals surface area contributed by atoms with Gasteiger partial charge in [-0.1, -0.05) is 18.2 Å². The number of nitrogens with zero attached hydrogens (tertiary/aromatic N) is 4. The lowest BCUT2D eigenvalue weighted by atomic mass is 10.1. The first-order valence-electron chi connectivity index (χ1n) is 10.6. The lowest BCUT2D eigenvalue weighted by Gasteiger charge is -2.36. The second kappa shape index (κ2) is 8.82. The van der Waals surface area contributed by atoms with E-state index < -0.39 is 0 Å². The molecule has 0 bridgehead atoms. The Balaban J connectivity index is 1.24. The van der Waals surface area contributed by atoms with Crippen LogP contribution in [0.25, 0.3) is 0 Å². The summed E-state index contributed by atoms with van der Waals surface area (Å²) in [5, 5.41) is 0. The van der Waals surface area contributed by atoms with Crippen molar-refractivity contribution in [3.63, 3.8) is 0 Å². The van der Waals surface area contributed by atoms with Gasteiger partial charge in [0.2, 0.25) is 0 Å². The number of rotatable bonds is 6. The number of fused-ring (bicyclic) bond motifs is 1. The number of piperazine rings is 1. The SMILES string of the molecule is CN1CCC(=O)c2c(ccn2CCCCN2CCN(c3ccccc3)CC2)C1=O. The highest BCUT2D eigenvalue weighted by molar-refractivity contribution is 6.08. The van der Waals surface area contributed by atoms with Gasteiger partial charge in [0.05, 0.1) is 11.3 Å². The van der Waals surface area contributed by atoms with Gasteiger partial charge in [0.15, 0.2) is 5.78 Å². The molecule has 4 rings (SSSR count). The summed E-state index contributed by atoms with van der Waals surface area (Å²) in [6.07, 6.45) is 4.42. The third-order valence-corrected chi connectivity index (χ3v) is 6.10. The number of hydrogen-bond donors (Lipinski definition) is 0. The zero-order valence-corrected chi connectivity index (χ0v) is 17.2.